The molecular formula is C14H18N2O4. The Morgan fingerprint density at radius 2 is 1.90 bits per heavy atom. The van der Waals surface area contributed by atoms with E-state index in [0.717, 1.165) is 11.3 Å². The number of amides is 1. The molecule has 108 valence electrons. The van der Waals surface area contributed by atoms with E-state index in [2.05, 4.69) is 5.32 Å². The van der Waals surface area contributed by atoms with Crippen molar-refractivity contribution in [2.75, 3.05) is 25.5 Å². The van der Waals surface area contributed by atoms with Crippen LogP contribution < -0.4 is 10.2 Å². The summed E-state index contributed by atoms with van der Waals surface area (Å²) in [6.07, 6.45) is 1.31. The standard InChI is InChI=1S/C14H18N2O4/c1-16(2)11-6-3-10(4-7-11)5-8-13(18)15-9-12(17)14(19)20/h3-8,12,17H,9H2,1-2H3,(H,15,18)(H,19,20)/b8-5+/t12-/m0/s1. The fraction of sp³-hybridized carbons (Fsp3) is 0.286. The highest BCUT2D eigenvalue weighted by molar-refractivity contribution is 5.92. The Labute approximate surface area is 117 Å². The summed E-state index contributed by atoms with van der Waals surface area (Å²) in [7, 11) is 3.87. The number of hydrogen-bond donors (Lipinski definition) is 3. The molecule has 1 aromatic carbocycles. The van der Waals surface area contributed by atoms with E-state index >= 15 is 0 Å². The van der Waals surface area contributed by atoms with Gasteiger partial charge in [-0.1, -0.05) is 12.1 Å². The fourth-order valence-corrected chi connectivity index (χ4v) is 1.40. The van der Waals surface area contributed by atoms with Gasteiger partial charge in [-0.05, 0) is 23.8 Å². The zero-order valence-corrected chi connectivity index (χ0v) is 11.4. The van der Waals surface area contributed by atoms with Gasteiger partial charge >= 0.3 is 5.97 Å². The van der Waals surface area contributed by atoms with Crippen LogP contribution in [0.5, 0.6) is 0 Å². The first-order chi connectivity index (χ1) is 9.40. The van der Waals surface area contributed by atoms with Crippen LogP contribution in [0.25, 0.3) is 6.08 Å². The first-order valence-corrected chi connectivity index (χ1v) is 6.04. The summed E-state index contributed by atoms with van der Waals surface area (Å²) in [4.78, 5) is 23.7. The van der Waals surface area contributed by atoms with Crippen molar-refractivity contribution in [1.29, 1.82) is 0 Å². The highest BCUT2D eigenvalue weighted by Gasteiger charge is 2.12. The molecule has 0 heterocycles. The van der Waals surface area contributed by atoms with Gasteiger partial charge in [0, 0.05) is 25.9 Å². The van der Waals surface area contributed by atoms with Gasteiger partial charge in [-0.25, -0.2) is 4.79 Å². The van der Waals surface area contributed by atoms with Crippen molar-refractivity contribution in [3.05, 3.63) is 35.9 Å². The number of benzene rings is 1. The molecule has 1 amide bonds. The average molecular weight is 278 g/mol. The van der Waals surface area contributed by atoms with Crippen molar-refractivity contribution >= 4 is 23.6 Å². The molecule has 0 radical (unpaired) electrons. The molecule has 3 N–H and O–H groups in total. The van der Waals surface area contributed by atoms with Gasteiger partial charge in [-0.15, -0.1) is 0 Å². The zero-order valence-electron chi connectivity index (χ0n) is 11.4. The Morgan fingerprint density at radius 1 is 1.30 bits per heavy atom. The summed E-state index contributed by atoms with van der Waals surface area (Å²) in [5, 5.41) is 19.7. The SMILES string of the molecule is CN(C)c1ccc(/C=C/C(=O)NC[C@H](O)C(=O)O)cc1. The van der Waals surface area contributed by atoms with Crippen molar-refractivity contribution in [2.45, 2.75) is 6.10 Å². The second-order valence-corrected chi connectivity index (χ2v) is 4.42. The van der Waals surface area contributed by atoms with Crippen LogP contribution in [0.1, 0.15) is 5.56 Å². The van der Waals surface area contributed by atoms with Crippen LogP contribution in [0.4, 0.5) is 5.69 Å². The van der Waals surface area contributed by atoms with Gasteiger partial charge in [0.25, 0.3) is 0 Å². The minimum absolute atomic E-state index is 0.321. The first kappa shape index (κ1) is 15.7. The number of rotatable bonds is 6. The molecule has 0 saturated carbocycles. The van der Waals surface area contributed by atoms with Gasteiger partial charge < -0.3 is 20.4 Å². The number of aliphatic hydroxyl groups is 1. The molecule has 0 unspecified atom stereocenters. The largest absolute Gasteiger partial charge is 0.479 e. The van der Waals surface area contributed by atoms with Crippen LogP contribution in [0, 0.1) is 0 Å². The zero-order chi connectivity index (χ0) is 15.1. The molecule has 1 rings (SSSR count). The van der Waals surface area contributed by atoms with E-state index in [0.29, 0.717) is 0 Å². The highest BCUT2D eigenvalue weighted by Crippen LogP contribution is 2.12. The number of nitrogens with one attached hydrogen (secondary N) is 1. The van der Waals surface area contributed by atoms with Gasteiger partial charge in [0.15, 0.2) is 6.10 Å². The van der Waals surface area contributed by atoms with E-state index in [1.165, 1.54) is 6.08 Å². The molecule has 0 aliphatic carbocycles. The van der Waals surface area contributed by atoms with E-state index in [1.54, 1.807) is 6.08 Å². The van der Waals surface area contributed by atoms with E-state index in [-0.39, 0.29) is 6.54 Å². The van der Waals surface area contributed by atoms with Crippen molar-refractivity contribution in [3.8, 4) is 0 Å². The summed E-state index contributed by atoms with van der Waals surface area (Å²) in [6.45, 7) is -0.321. The lowest BCUT2D eigenvalue weighted by atomic mass is 10.2. The third-order valence-electron chi connectivity index (χ3n) is 2.59. The Hall–Kier alpha value is -2.34. The van der Waals surface area contributed by atoms with Crippen molar-refractivity contribution < 1.29 is 19.8 Å². The summed E-state index contributed by atoms with van der Waals surface area (Å²) >= 11 is 0. The number of hydrogen-bond acceptors (Lipinski definition) is 4. The summed E-state index contributed by atoms with van der Waals surface area (Å²) in [6, 6.07) is 7.58. The molecule has 0 aliphatic heterocycles. The van der Waals surface area contributed by atoms with E-state index in [9.17, 15) is 9.59 Å². The van der Waals surface area contributed by atoms with Gasteiger partial charge in [0.05, 0.1) is 6.54 Å². The fourth-order valence-electron chi connectivity index (χ4n) is 1.40. The summed E-state index contributed by atoms with van der Waals surface area (Å²) in [5.74, 6) is -1.82. The summed E-state index contributed by atoms with van der Waals surface area (Å²) < 4.78 is 0. The highest BCUT2D eigenvalue weighted by atomic mass is 16.4. The number of nitrogens with zero attached hydrogens (tertiary/aromatic N) is 1. The second kappa shape index (κ2) is 7.30. The molecule has 0 aromatic heterocycles. The molecule has 0 bridgehead atoms. The minimum atomic E-state index is -1.59. The molecule has 0 spiro atoms. The monoisotopic (exact) mass is 278 g/mol. The quantitative estimate of drug-likeness (QED) is 0.652. The number of aliphatic hydroxyl groups excluding tert-OH is 1. The number of carbonyl (C=O) groups excluding carboxylic acids is 1. The number of carboxylic acid groups (broad SMARTS) is 1. The Bertz CT molecular complexity index is 494. The van der Waals surface area contributed by atoms with Crippen molar-refractivity contribution in [2.24, 2.45) is 0 Å². The Morgan fingerprint density at radius 3 is 2.40 bits per heavy atom. The maximum absolute atomic E-state index is 11.4. The average Bonchev–Trinajstić information content (AvgIpc) is 2.42. The normalized spacial score (nSPS) is 12.2. The topological polar surface area (TPSA) is 89.9 Å². The Balaban J connectivity index is 2.50. The smallest absolute Gasteiger partial charge is 0.334 e. The lowest BCUT2D eigenvalue weighted by molar-refractivity contribution is -0.146. The van der Waals surface area contributed by atoms with Gasteiger partial charge in [-0.2, -0.15) is 0 Å². The maximum Gasteiger partial charge on any atom is 0.334 e. The molecule has 0 aliphatic rings. The van der Waals surface area contributed by atoms with Crippen LogP contribution in [0.3, 0.4) is 0 Å². The molecule has 1 atom stereocenters. The number of anilines is 1. The first-order valence-electron chi connectivity index (χ1n) is 6.04. The lowest BCUT2D eigenvalue weighted by Crippen LogP contribution is -2.35. The molecule has 1 aromatic rings. The third kappa shape index (κ3) is 5.11. The van der Waals surface area contributed by atoms with Crippen molar-refractivity contribution in [3.63, 3.8) is 0 Å². The molecule has 6 heteroatoms. The second-order valence-electron chi connectivity index (χ2n) is 4.42. The van der Waals surface area contributed by atoms with E-state index in [1.807, 2.05) is 43.3 Å². The summed E-state index contributed by atoms with van der Waals surface area (Å²) in [5.41, 5.74) is 1.90. The van der Waals surface area contributed by atoms with Gasteiger partial charge in [0.1, 0.15) is 0 Å². The third-order valence-corrected chi connectivity index (χ3v) is 2.59. The predicted octanol–water partition coefficient (Wildman–Crippen LogP) is 0.327. The molecule has 6 nitrogen and oxygen atoms in total. The predicted molar refractivity (Wildman–Crippen MR) is 76.5 cm³/mol. The van der Waals surface area contributed by atoms with Crippen LogP contribution >= 0.6 is 0 Å². The number of aliphatic carboxylic acids is 1. The maximum atomic E-state index is 11.4. The number of carboxylic acids is 1. The Kier molecular flexibility index (Phi) is 5.74. The van der Waals surface area contributed by atoms with Crippen LogP contribution in [0.15, 0.2) is 30.3 Å². The van der Waals surface area contributed by atoms with Gasteiger partial charge in [0.2, 0.25) is 5.91 Å². The van der Waals surface area contributed by atoms with Crippen LogP contribution in [0.2, 0.25) is 0 Å². The van der Waals surface area contributed by atoms with Crippen LogP contribution in [-0.2, 0) is 9.59 Å². The van der Waals surface area contributed by atoms with E-state index in [4.69, 9.17) is 10.2 Å². The van der Waals surface area contributed by atoms with Gasteiger partial charge in [-0.3, -0.25) is 4.79 Å². The molecule has 0 fully saturated rings. The van der Waals surface area contributed by atoms with E-state index < -0.39 is 18.0 Å². The minimum Gasteiger partial charge on any atom is -0.479 e. The van der Waals surface area contributed by atoms with Crippen molar-refractivity contribution in [1.82, 2.24) is 5.32 Å². The molecular weight excluding hydrogens is 260 g/mol. The van der Waals surface area contributed by atoms with Crippen LogP contribution in [-0.4, -0.2) is 48.8 Å². The lowest BCUT2D eigenvalue weighted by Gasteiger charge is -2.11. The molecule has 0 saturated heterocycles. The number of carbonyl (C=O) groups is 2. The molecule has 20 heavy (non-hydrogen) atoms.